The van der Waals surface area contributed by atoms with Crippen molar-refractivity contribution in [2.45, 2.75) is 33.6 Å². The van der Waals surface area contributed by atoms with Crippen LogP contribution in [-0.4, -0.2) is 16.7 Å². The summed E-state index contributed by atoms with van der Waals surface area (Å²) in [7, 11) is 0. The van der Waals surface area contributed by atoms with Crippen LogP contribution in [0.15, 0.2) is 47.0 Å². The number of nitrogens with zero attached hydrogens (tertiary/aromatic N) is 2. The first-order chi connectivity index (χ1) is 12.9. The second-order valence-corrected chi connectivity index (χ2v) is 6.63. The number of hydrogen-bond acceptors (Lipinski definition) is 5. The van der Waals surface area contributed by atoms with Crippen molar-refractivity contribution < 1.29 is 14.2 Å². The molecule has 0 unspecified atom stereocenters. The number of non-ortho nitro benzene ring substituents is 1. The van der Waals surface area contributed by atoms with Crippen LogP contribution in [0.3, 0.4) is 0 Å². The topological polar surface area (TPSA) is 78.4 Å². The van der Waals surface area contributed by atoms with Crippen molar-refractivity contribution in [2.24, 2.45) is 0 Å². The molecule has 0 bridgehead atoms. The Bertz CT molecular complexity index is 922. The number of rotatable bonds is 7. The molecular weight excluding hydrogens is 344 g/mol. The second kappa shape index (κ2) is 8.03. The van der Waals surface area contributed by atoms with Crippen molar-refractivity contribution in [3.05, 3.63) is 75.2 Å². The van der Waals surface area contributed by atoms with E-state index in [1.165, 1.54) is 12.1 Å². The smallest absolute Gasteiger partial charge is 0.269 e. The summed E-state index contributed by atoms with van der Waals surface area (Å²) in [5, 5.41) is 14.7. The summed E-state index contributed by atoms with van der Waals surface area (Å²) in [6.45, 7) is 6.52. The highest BCUT2D eigenvalue weighted by atomic mass is 16.6. The normalized spacial score (nSPS) is 10.8. The monoisotopic (exact) mass is 366 g/mol. The Morgan fingerprint density at radius 3 is 2.26 bits per heavy atom. The summed E-state index contributed by atoms with van der Waals surface area (Å²) < 4.78 is 11.2. The van der Waals surface area contributed by atoms with Gasteiger partial charge < -0.3 is 9.26 Å². The molecule has 0 radical (unpaired) electrons. The minimum absolute atomic E-state index is 0.0918. The highest BCUT2D eigenvalue weighted by molar-refractivity contribution is 5.68. The minimum Gasteiger partial charge on any atom is -0.493 e. The lowest BCUT2D eigenvalue weighted by Gasteiger charge is -2.14. The molecular formula is C21H22N2O4. The first-order valence-corrected chi connectivity index (χ1v) is 8.85. The van der Waals surface area contributed by atoms with Crippen LogP contribution in [0.4, 0.5) is 5.69 Å². The van der Waals surface area contributed by atoms with E-state index < -0.39 is 4.92 Å². The zero-order chi connectivity index (χ0) is 19.4. The summed E-state index contributed by atoms with van der Waals surface area (Å²) in [6.07, 6.45) is 1.64. The van der Waals surface area contributed by atoms with Gasteiger partial charge in [-0.25, -0.2) is 0 Å². The van der Waals surface area contributed by atoms with Gasteiger partial charge in [-0.1, -0.05) is 5.16 Å². The van der Waals surface area contributed by atoms with E-state index in [1.54, 1.807) is 12.1 Å². The Morgan fingerprint density at radius 2 is 1.70 bits per heavy atom. The molecule has 0 atom stereocenters. The minimum atomic E-state index is -0.392. The van der Waals surface area contributed by atoms with Gasteiger partial charge in [-0.15, -0.1) is 0 Å². The Morgan fingerprint density at radius 1 is 1.04 bits per heavy atom. The van der Waals surface area contributed by atoms with Gasteiger partial charge in [0.25, 0.3) is 5.69 Å². The summed E-state index contributed by atoms with van der Waals surface area (Å²) in [5.41, 5.74) is 5.02. The fraction of sp³-hybridized carbons (Fsp3) is 0.286. The number of nitro benzene ring substituents is 1. The SMILES string of the molecule is Cc1cc(CCCOc2c(C)cc(-c3ccc([N+](=O)[O-])cc3)cc2C)on1. The first kappa shape index (κ1) is 18.6. The lowest BCUT2D eigenvalue weighted by Crippen LogP contribution is -2.02. The van der Waals surface area contributed by atoms with Gasteiger partial charge >= 0.3 is 0 Å². The fourth-order valence-electron chi connectivity index (χ4n) is 3.07. The molecule has 0 aliphatic rings. The average molecular weight is 366 g/mol. The molecule has 1 aromatic heterocycles. The molecule has 0 amide bonds. The molecule has 0 N–H and O–H groups in total. The second-order valence-electron chi connectivity index (χ2n) is 6.63. The number of nitro groups is 1. The Labute approximate surface area is 157 Å². The summed E-state index contributed by atoms with van der Waals surface area (Å²) in [5.74, 6) is 1.76. The van der Waals surface area contributed by atoms with Gasteiger partial charge in [0.2, 0.25) is 0 Å². The van der Waals surface area contributed by atoms with Crippen LogP contribution in [0.25, 0.3) is 11.1 Å². The standard InChI is InChI=1S/C21H22N2O4/c1-14-11-18(17-6-8-19(9-7-17)23(24)25)12-15(2)21(14)26-10-4-5-20-13-16(3)22-27-20/h6-9,11-13H,4-5,10H2,1-3H3. The zero-order valence-corrected chi connectivity index (χ0v) is 15.7. The van der Waals surface area contributed by atoms with Crippen molar-refractivity contribution in [1.29, 1.82) is 0 Å². The number of hydrogen-bond donors (Lipinski definition) is 0. The van der Waals surface area contributed by atoms with Gasteiger partial charge in [0.05, 0.1) is 17.2 Å². The maximum atomic E-state index is 10.8. The molecule has 6 nitrogen and oxygen atoms in total. The number of aryl methyl sites for hydroxylation is 4. The molecule has 0 spiro atoms. The predicted octanol–water partition coefficient (Wildman–Crippen LogP) is 5.19. The van der Waals surface area contributed by atoms with Crippen molar-refractivity contribution in [3.8, 4) is 16.9 Å². The number of benzene rings is 2. The molecule has 3 rings (SSSR count). The fourth-order valence-corrected chi connectivity index (χ4v) is 3.07. The molecule has 0 fully saturated rings. The maximum Gasteiger partial charge on any atom is 0.269 e. The third-order valence-electron chi connectivity index (χ3n) is 4.36. The van der Waals surface area contributed by atoms with Crippen LogP contribution >= 0.6 is 0 Å². The molecule has 0 saturated carbocycles. The molecule has 140 valence electrons. The van der Waals surface area contributed by atoms with E-state index in [4.69, 9.17) is 9.26 Å². The summed E-state index contributed by atoms with van der Waals surface area (Å²) in [6, 6.07) is 12.6. The lowest BCUT2D eigenvalue weighted by atomic mass is 9.99. The molecule has 27 heavy (non-hydrogen) atoms. The van der Waals surface area contributed by atoms with E-state index in [2.05, 4.69) is 5.16 Å². The average Bonchev–Trinajstić information content (AvgIpc) is 3.05. The van der Waals surface area contributed by atoms with Crippen LogP contribution in [-0.2, 0) is 6.42 Å². The van der Waals surface area contributed by atoms with Gasteiger partial charge in [0.1, 0.15) is 11.5 Å². The highest BCUT2D eigenvalue weighted by Gasteiger charge is 2.10. The molecule has 0 aliphatic heterocycles. The zero-order valence-electron chi connectivity index (χ0n) is 15.7. The van der Waals surface area contributed by atoms with Crippen molar-refractivity contribution in [1.82, 2.24) is 5.16 Å². The van der Waals surface area contributed by atoms with Crippen molar-refractivity contribution in [3.63, 3.8) is 0 Å². The van der Waals surface area contributed by atoms with Gasteiger partial charge in [0.15, 0.2) is 0 Å². The van der Waals surface area contributed by atoms with E-state index in [-0.39, 0.29) is 5.69 Å². The predicted molar refractivity (Wildman–Crippen MR) is 103 cm³/mol. The highest BCUT2D eigenvalue weighted by Crippen LogP contribution is 2.31. The van der Waals surface area contributed by atoms with Crippen LogP contribution in [0, 0.1) is 30.9 Å². The largest absolute Gasteiger partial charge is 0.493 e. The summed E-state index contributed by atoms with van der Waals surface area (Å²) >= 11 is 0. The van der Waals surface area contributed by atoms with E-state index in [9.17, 15) is 10.1 Å². The van der Waals surface area contributed by atoms with Crippen molar-refractivity contribution in [2.75, 3.05) is 6.61 Å². The Kier molecular flexibility index (Phi) is 5.54. The molecule has 2 aromatic carbocycles. The molecule has 0 saturated heterocycles. The third kappa shape index (κ3) is 4.53. The molecule has 6 heteroatoms. The summed E-state index contributed by atoms with van der Waals surface area (Å²) in [4.78, 5) is 10.4. The van der Waals surface area contributed by atoms with Gasteiger partial charge in [-0.05, 0) is 73.7 Å². The van der Waals surface area contributed by atoms with Gasteiger partial charge in [0, 0.05) is 24.6 Å². The van der Waals surface area contributed by atoms with E-state index >= 15 is 0 Å². The van der Waals surface area contributed by atoms with Crippen LogP contribution in [0.2, 0.25) is 0 Å². The van der Waals surface area contributed by atoms with Crippen LogP contribution in [0.5, 0.6) is 5.75 Å². The molecule has 3 aromatic rings. The maximum absolute atomic E-state index is 10.8. The quantitative estimate of drug-likeness (QED) is 0.327. The van der Waals surface area contributed by atoms with Gasteiger partial charge in [-0.3, -0.25) is 10.1 Å². The van der Waals surface area contributed by atoms with E-state index in [0.29, 0.717) is 6.61 Å². The van der Waals surface area contributed by atoms with E-state index in [0.717, 1.165) is 52.3 Å². The number of ether oxygens (including phenoxy) is 1. The Balaban J connectivity index is 1.66. The molecule has 1 heterocycles. The van der Waals surface area contributed by atoms with Crippen LogP contribution in [0.1, 0.15) is 29.0 Å². The Hall–Kier alpha value is -3.15. The third-order valence-corrected chi connectivity index (χ3v) is 4.36. The molecule has 0 aliphatic carbocycles. The van der Waals surface area contributed by atoms with E-state index in [1.807, 2.05) is 39.0 Å². The number of aromatic nitrogens is 1. The van der Waals surface area contributed by atoms with Gasteiger partial charge in [-0.2, -0.15) is 0 Å². The first-order valence-electron chi connectivity index (χ1n) is 8.85. The lowest BCUT2D eigenvalue weighted by molar-refractivity contribution is -0.384. The van der Waals surface area contributed by atoms with Crippen molar-refractivity contribution >= 4 is 5.69 Å². The van der Waals surface area contributed by atoms with Crippen LogP contribution < -0.4 is 4.74 Å².